The Kier molecular flexibility index (Phi) is 7.14. The van der Waals surface area contributed by atoms with Crippen LogP contribution in [0.15, 0.2) is 18.2 Å². The second-order valence-electron chi connectivity index (χ2n) is 7.23. The molecule has 11 heteroatoms. The summed E-state index contributed by atoms with van der Waals surface area (Å²) in [7, 11) is 1.89. The lowest BCUT2D eigenvalue weighted by molar-refractivity contribution is -0.654. The predicted octanol–water partition coefficient (Wildman–Crippen LogP) is 1.98. The number of amides is 1. The highest BCUT2D eigenvalue weighted by atomic mass is 35.5. The molecule has 0 atom stereocenters. The summed E-state index contributed by atoms with van der Waals surface area (Å²) in [5, 5.41) is 2.71. The number of nitrogens with zero attached hydrogens (tertiary/aromatic N) is 4. The lowest BCUT2D eigenvalue weighted by Crippen LogP contribution is -2.38. The van der Waals surface area contributed by atoms with E-state index in [4.69, 9.17) is 27.8 Å². The maximum atomic E-state index is 12.6. The second-order valence-corrected chi connectivity index (χ2v) is 7.59. The number of nitrogens with one attached hydrogen (secondary N) is 1. The number of halogens is 1. The van der Waals surface area contributed by atoms with Gasteiger partial charge >= 0.3 is 5.97 Å². The van der Waals surface area contributed by atoms with E-state index < -0.39 is 5.91 Å². The summed E-state index contributed by atoms with van der Waals surface area (Å²) in [4.78, 5) is 32.8. The lowest BCUT2D eigenvalue weighted by atomic mass is 10.2. The van der Waals surface area contributed by atoms with Crippen LogP contribution in [0.4, 0.5) is 11.6 Å². The van der Waals surface area contributed by atoms with Crippen molar-refractivity contribution in [2.75, 3.05) is 18.1 Å². The molecule has 1 amide bonds. The molecule has 0 saturated carbocycles. The normalized spacial score (nSPS) is 11.0. The van der Waals surface area contributed by atoms with E-state index in [2.05, 4.69) is 15.3 Å². The highest BCUT2D eigenvalue weighted by Crippen LogP contribution is 2.19. The average molecular weight is 461 g/mol. The molecule has 2 aromatic heterocycles. The van der Waals surface area contributed by atoms with Crippen molar-refractivity contribution in [1.29, 1.82) is 0 Å². The van der Waals surface area contributed by atoms with Crippen molar-refractivity contribution in [1.82, 2.24) is 19.9 Å². The second kappa shape index (κ2) is 9.82. The van der Waals surface area contributed by atoms with Gasteiger partial charge in [-0.1, -0.05) is 24.9 Å². The number of carbonyl (C=O) groups excluding carboxylic acids is 2. The molecule has 5 N–H and O–H groups in total. The van der Waals surface area contributed by atoms with Gasteiger partial charge in [0.25, 0.3) is 11.7 Å². The van der Waals surface area contributed by atoms with Gasteiger partial charge in [-0.15, -0.1) is 0 Å². The van der Waals surface area contributed by atoms with Crippen LogP contribution in [0, 0.1) is 0 Å². The van der Waals surface area contributed by atoms with E-state index in [1.165, 1.54) is 0 Å². The van der Waals surface area contributed by atoms with Gasteiger partial charge in [0, 0.05) is 6.07 Å². The van der Waals surface area contributed by atoms with Crippen molar-refractivity contribution in [3.8, 4) is 0 Å². The first-order chi connectivity index (χ1) is 15.3. The van der Waals surface area contributed by atoms with E-state index in [1.54, 1.807) is 6.07 Å². The standard InChI is InChI=1S/C21H26ClN7O3/c1-4-6-9-32-21(31)12-7-8-13-14(10-12)29(5-2)15(28(13)3)11-25-20(30)16-18(23)27-19(24)17(22)26-16/h7-8,10H,4-6,9,11H2,1-3H3,(H4-,23,24,25,27,30)/p+1. The SMILES string of the molecule is CCCCOC(=O)c1ccc2c(c1)n(CC)c(CNC(=O)c1nc(Cl)c(N)nc1N)[n+]2C. The summed E-state index contributed by atoms with van der Waals surface area (Å²) < 4.78 is 9.30. The smallest absolute Gasteiger partial charge is 0.338 e. The number of aryl methyl sites for hydroxylation is 2. The molecule has 0 aliphatic rings. The molecule has 0 aliphatic heterocycles. The molecule has 1 aromatic carbocycles. The first kappa shape index (κ1) is 23.3. The number of anilines is 2. The molecule has 32 heavy (non-hydrogen) atoms. The van der Waals surface area contributed by atoms with Crippen molar-refractivity contribution in [3.05, 3.63) is 40.4 Å². The van der Waals surface area contributed by atoms with E-state index in [0.717, 1.165) is 29.7 Å². The fourth-order valence-electron chi connectivity index (χ4n) is 3.42. The van der Waals surface area contributed by atoms with Crippen LogP contribution >= 0.6 is 11.6 Å². The van der Waals surface area contributed by atoms with E-state index in [1.807, 2.05) is 42.2 Å². The largest absolute Gasteiger partial charge is 0.462 e. The number of carbonyl (C=O) groups is 2. The number of aromatic nitrogens is 4. The highest BCUT2D eigenvalue weighted by molar-refractivity contribution is 6.31. The highest BCUT2D eigenvalue weighted by Gasteiger charge is 2.25. The van der Waals surface area contributed by atoms with E-state index in [0.29, 0.717) is 18.7 Å². The molecular weight excluding hydrogens is 434 g/mol. The van der Waals surface area contributed by atoms with Crippen molar-refractivity contribution >= 4 is 46.1 Å². The number of hydrogen-bond donors (Lipinski definition) is 3. The molecule has 0 aliphatic carbocycles. The Morgan fingerprint density at radius 2 is 1.97 bits per heavy atom. The summed E-state index contributed by atoms with van der Waals surface area (Å²) in [6, 6.07) is 5.42. The zero-order valence-electron chi connectivity index (χ0n) is 18.3. The van der Waals surface area contributed by atoms with Crippen molar-refractivity contribution in [3.63, 3.8) is 0 Å². The minimum atomic E-state index is -0.523. The van der Waals surface area contributed by atoms with E-state index >= 15 is 0 Å². The van der Waals surface area contributed by atoms with E-state index in [9.17, 15) is 9.59 Å². The number of unbranched alkanes of at least 4 members (excludes halogenated alkanes) is 1. The summed E-state index contributed by atoms with van der Waals surface area (Å²) in [6.07, 6.45) is 1.78. The Morgan fingerprint density at radius 3 is 2.66 bits per heavy atom. The molecule has 0 bridgehead atoms. The quantitative estimate of drug-likeness (QED) is 0.265. The lowest BCUT2D eigenvalue weighted by Gasteiger charge is -2.07. The zero-order valence-corrected chi connectivity index (χ0v) is 19.1. The molecule has 3 rings (SSSR count). The Morgan fingerprint density at radius 1 is 1.22 bits per heavy atom. The van der Waals surface area contributed by atoms with Crippen LogP contribution in [0.3, 0.4) is 0 Å². The Balaban J connectivity index is 1.87. The molecule has 10 nitrogen and oxygen atoms in total. The first-order valence-corrected chi connectivity index (χ1v) is 10.7. The summed E-state index contributed by atoms with van der Waals surface area (Å²) in [5.74, 6) is -0.195. The van der Waals surface area contributed by atoms with E-state index in [-0.39, 0.29) is 35.0 Å². The zero-order chi connectivity index (χ0) is 23.4. The van der Waals surface area contributed by atoms with Crippen molar-refractivity contribution in [2.45, 2.75) is 39.8 Å². The number of nitrogen functional groups attached to an aromatic ring is 2. The molecule has 2 heterocycles. The van der Waals surface area contributed by atoms with Crippen molar-refractivity contribution < 1.29 is 18.9 Å². The average Bonchev–Trinajstić information content (AvgIpc) is 3.04. The minimum Gasteiger partial charge on any atom is -0.462 e. The molecule has 0 fully saturated rings. The maximum absolute atomic E-state index is 12.6. The number of ether oxygens (including phenoxy) is 1. The number of esters is 1. The van der Waals surface area contributed by atoms with Crippen molar-refractivity contribution in [2.24, 2.45) is 7.05 Å². The van der Waals surface area contributed by atoms with Crippen LogP contribution in [-0.4, -0.2) is 33.0 Å². The Bertz CT molecular complexity index is 1180. The van der Waals surface area contributed by atoms with Gasteiger partial charge in [0.15, 0.2) is 33.5 Å². The third-order valence-corrected chi connectivity index (χ3v) is 5.41. The van der Waals surface area contributed by atoms with Gasteiger partial charge in [-0.2, -0.15) is 0 Å². The first-order valence-electron chi connectivity index (χ1n) is 10.3. The van der Waals surface area contributed by atoms with Gasteiger partial charge in [0.2, 0.25) is 0 Å². The molecule has 3 aromatic rings. The molecule has 0 saturated heterocycles. The number of imidazole rings is 1. The summed E-state index contributed by atoms with van der Waals surface area (Å²) in [6.45, 7) is 5.25. The van der Waals surface area contributed by atoms with Crippen LogP contribution in [-0.2, 0) is 24.9 Å². The van der Waals surface area contributed by atoms with Gasteiger partial charge in [-0.25, -0.2) is 23.9 Å². The molecule has 0 radical (unpaired) electrons. The number of hydrogen-bond acceptors (Lipinski definition) is 7. The van der Waals surface area contributed by atoms with Gasteiger partial charge < -0.3 is 21.5 Å². The third kappa shape index (κ3) is 4.59. The Hall–Kier alpha value is -3.40. The minimum absolute atomic E-state index is 0.0396. The predicted molar refractivity (Wildman–Crippen MR) is 121 cm³/mol. The van der Waals surface area contributed by atoms with Gasteiger partial charge in [0.05, 0.1) is 25.8 Å². The number of nitrogens with two attached hydrogens (primary N) is 2. The number of rotatable bonds is 8. The van der Waals surface area contributed by atoms with Gasteiger partial charge in [0.1, 0.15) is 6.54 Å². The fraction of sp³-hybridized carbons (Fsp3) is 0.381. The summed E-state index contributed by atoms with van der Waals surface area (Å²) >= 11 is 5.87. The van der Waals surface area contributed by atoms with Crippen LogP contribution in [0.2, 0.25) is 5.15 Å². The monoisotopic (exact) mass is 460 g/mol. The molecular formula is C21H27ClN7O3+. The van der Waals surface area contributed by atoms with Gasteiger partial charge in [-0.3, -0.25) is 4.79 Å². The van der Waals surface area contributed by atoms with Gasteiger partial charge in [-0.05, 0) is 25.5 Å². The fourth-order valence-corrected chi connectivity index (χ4v) is 3.55. The van der Waals surface area contributed by atoms with Crippen LogP contribution in [0.1, 0.15) is 53.4 Å². The number of benzene rings is 1. The molecule has 170 valence electrons. The Labute approximate surface area is 190 Å². The van der Waals surface area contributed by atoms with Crippen LogP contribution < -0.4 is 21.4 Å². The number of fused-ring (bicyclic) bond motifs is 1. The topological polar surface area (TPSA) is 142 Å². The van der Waals surface area contributed by atoms with Crippen LogP contribution in [0.5, 0.6) is 0 Å². The summed E-state index contributed by atoms with van der Waals surface area (Å²) in [5.41, 5.74) is 13.5. The molecule has 0 unspecified atom stereocenters. The third-order valence-electron chi connectivity index (χ3n) is 5.14. The maximum Gasteiger partial charge on any atom is 0.338 e. The van der Waals surface area contributed by atoms with Crippen LogP contribution in [0.25, 0.3) is 11.0 Å². The molecule has 0 spiro atoms.